The van der Waals surface area contributed by atoms with Crippen LogP contribution in [0.3, 0.4) is 0 Å². The molecule has 2 saturated heterocycles. The quantitative estimate of drug-likeness (QED) is 0.275. The molecule has 6 aliphatic rings. The van der Waals surface area contributed by atoms with Gasteiger partial charge in [0.25, 0.3) is 5.91 Å². The molecule has 3 heterocycles. The molecule has 5 fully saturated rings. The largest absolute Gasteiger partial charge is 0.379 e. The molecule has 0 spiro atoms. The van der Waals surface area contributed by atoms with Crippen molar-refractivity contribution in [2.75, 3.05) is 66.6 Å². The van der Waals surface area contributed by atoms with Crippen molar-refractivity contribution in [3.63, 3.8) is 0 Å². The Kier molecular flexibility index (Phi) is 10.4. The van der Waals surface area contributed by atoms with E-state index in [-0.39, 0.29) is 41.9 Å². The van der Waals surface area contributed by atoms with E-state index in [1.807, 2.05) is 6.20 Å². The monoisotopic (exact) mass is 603 g/mol. The number of morpholine rings is 2. The number of carbonyl (C=O) groups is 2. The highest BCUT2D eigenvalue weighted by molar-refractivity contribution is 6.20. The van der Waals surface area contributed by atoms with E-state index in [4.69, 9.17) is 9.47 Å². The van der Waals surface area contributed by atoms with Crippen LogP contribution in [0.2, 0.25) is 0 Å². The lowest BCUT2D eigenvalue weighted by Gasteiger charge is -2.61. The van der Waals surface area contributed by atoms with Crippen LogP contribution in [-0.4, -0.2) is 129 Å². The van der Waals surface area contributed by atoms with E-state index in [2.05, 4.69) is 39.4 Å². The smallest absolute Gasteiger partial charge is 0.256 e. The van der Waals surface area contributed by atoms with E-state index in [1.54, 1.807) is 0 Å². The number of fused-ring (bicyclic) bond motifs is 3. The van der Waals surface area contributed by atoms with E-state index in [0.29, 0.717) is 18.4 Å². The zero-order chi connectivity index (χ0) is 29.9. The van der Waals surface area contributed by atoms with E-state index in [0.717, 1.165) is 78.0 Å². The molecule has 43 heavy (non-hydrogen) atoms. The van der Waals surface area contributed by atoms with Gasteiger partial charge in [0.1, 0.15) is 6.17 Å². The van der Waals surface area contributed by atoms with Crippen LogP contribution < -0.4 is 10.6 Å². The molecule has 3 aliphatic carbocycles. The Bertz CT molecular complexity index is 1010. The minimum absolute atomic E-state index is 0.00637. The number of amides is 1. The maximum absolute atomic E-state index is 16.0. The SMILES string of the molecule is CN(C)CCCCNC1C(F)CC2C(=O)C(C(=O)NCCCN3CCOCC3)=CN3C4CC5CCCCC5CC4OC1C23. The third-order valence-corrected chi connectivity index (χ3v) is 11.2. The molecular formula is C33H54FN5O4. The molecule has 0 bridgehead atoms. The Balaban J connectivity index is 1.18. The topological polar surface area (TPSA) is 86.4 Å². The van der Waals surface area contributed by atoms with Gasteiger partial charge in [-0.2, -0.15) is 0 Å². The number of ether oxygens (including phenoxy) is 2. The highest BCUT2D eigenvalue weighted by Gasteiger charge is 2.59. The molecule has 1 amide bonds. The molecule has 9 atom stereocenters. The number of nitrogens with zero attached hydrogens (tertiary/aromatic N) is 3. The van der Waals surface area contributed by atoms with Gasteiger partial charge in [-0.15, -0.1) is 0 Å². The summed E-state index contributed by atoms with van der Waals surface area (Å²) in [6, 6.07) is -0.528. The summed E-state index contributed by atoms with van der Waals surface area (Å²) in [5.41, 5.74) is 0.208. The van der Waals surface area contributed by atoms with E-state index >= 15 is 4.39 Å². The summed E-state index contributed by atoms with van der Waals surface area (Å²) < 4.78 is 28.3. The zero-order valence-corrected chi connectivity index (χ0v) is 26.4. The lowest BCUT2D eigenvalue weighted by molar-refractivity contribution is -0.208. The van der Waals surface area contributed by atoms with Crippen molar-refractivity contribution in [1.29, 1.82) is 0 Å². The van der Waals surface area contributed by atoms with E-state index in [9.17, 15) is 9.59 Å². The number of ketones is 1. The summed E-state index contributed by atoms with van der Waals surface area (Å²) in [5, 5.41) is 6.55. The number of Topliss-reactive ketones (excluding diaryl/α,β-unsaturated/α-hetero) is 1. The first-order valence-corrected chi connectivity index (χ1v) is 17.2. The van der Waals surface area contributed by atoms with Crippen LogP contribution in [0, 0.1) is 17.8 Å². The van der Waals surface area contributed by atoms with Gasteiger partial charge in [-0.25, -0.2) is 4.39 Å². The second kappa shape index (κ2) is 14.2. The molecule has 9 nitrogen and oxygen atoms in total. The van der Waals surface area contributed by atoms with Crippen molar-refractivity contribution in [3.8, 4) is 0 Å². The van der Waals surface area contributed by atoms with Crippen LogP contribution in [0.4, 0.5) is 4.39 Å². The van der Waals surface area contributed by atoms with Crippen LogP contribution in [0.15, 0.2) is 11.8 Å². The lowest BCUT2D eigenvalue weighted by atomic mass is 9.65. The van der Waals surface area contributed by atoms with Crippen molar-refractivity contribution in [2.24, 2.45) is 17.8 Å². The normalized spacial score (nSPS) is 37.8. The van der Waals surface area contributed by atoms with Gasteiger partial charge in [-0.05, 0) is 84.1 Å². The van der Waals surface area contributed by atoms with Gasteiger partial charge in [0.2, 0.25) is 0 Å². The number of hydrogen-bond acceptors (Lipinski definition) is 8. The summed E-state index contributed by atoms with van der Waals surface area (Å²) >= 11 is 0. The zero-order valence-electron chi connectivity index (χ0n) is 26.4. The molecule has 0 aromatic carbocycles. The summed E-state index contributed by atoms with van der Waals surface area (Å²) in [7, 11) is 4.14. The number of halogens is 1. The summed E-state index contributed by atoms with van der Waals surface area (Å²) in [6.07, 6.45) is 10.4. The number of rotatable bonds is 11. The molecule has 9 unspecified atom stereocenters. The molecular weight excluding hydrogens is 549 g/mol. The second-order valence-electron chi connectivity index (χ2n) is 14.2. The van der Waals surface area contributed by atoms with Crippen molar-refractivity contribution in [2.45, 2.75) is 101 Å². The fourth-order valence-corrected chi connectivity index (χ4v) is 8.94. The molecule has 0 radical (unpaired) electrons. The van der Waals surface area contributed by atoms with Crippen molar-refractivity contribution in [3.05, 3.63) is 11.8 Å². The van der Waals surface area contributed by atoms with E-state index < -0.39 is 24.2 Å². The van der Waals surface area contributed by atoms with Crippen LogP contribution in [0.5, 0.6) is 0 Å². The summed E-state index contributed by atoms with van der Waals surface area (Å²) in [5.74, 6) is 0.246. The van der Waals surface area contributed by atoms with Gasteiger partial charge in [0.15, 0.2) is 5.78 Å². The second-order valence-corrected chi connectivity index (χ2v) is 14.2. The highest BCUT2D eigenvalue weighted by Crippen LogP contribution is 2.50. The number of carbonyl (C=O) groups excluding carboxylic acids is 2. The molecule has 10 heteroatoms. The number of hydrogen-bond donors (Lipinski definition) is 2. The third-order valence-electron chi connectivity index (χ3n) is 11.2. The average Bonchev–Trinajstić information content (AvgIpc) is 3.00. The fraction of sp³-hybridized carbons (Fsp3) is 0.879. The van der Waals surface area contributed by atoms with E-state index in [1.165, 1.54) is 25.7 Å². The van der Waals surface area contributed by atoms with Crippen molar-refractivity contribution >= 4 is 11.7 Å². The van der Waals surface area contributed by atoms with Gasteiger partial charge < -0.3 is 29.9 Å². The molecule has 0 aromatic rings. The molecule has 242 valence electrons. The Labute approximate surface area is 257 Å². The lowest BCUT2D eigenvalue weighted by Crippen LogP contribution is -2.73. The Morgan fingerprint density at radius 2 is 1.81 bits per heavy atom. The Hall–Kier alpha value is -1.59. The number of nitrogens with one attached hydrogen (secondary N) is 2. The summed E-state index contributed by atoms with van der Waals surface area (Å²) in [6.45, 7) is 6.49. The predicted molar refractivity (Wildman–Crippen MR) is 163 cm³/mol. The van der Waals surface area contributed by atoms with Crippen molar-refractivity contribution < 1.29 is 23.5 Å². The highest BCUT2D eigenvalue weighted by atomic mass is 19.1. The maximum atomic E-state index is 16.0. The van der Waals surface area contributed by atoms with Crippen molar-refractivity contribution in [1.82, 2.24) is 25.3 Å². The first-order valence-electron chi connectivity index (χ1n) is 17.2. The third kappa shape index (κ3) is 6.98. The minimum Gasteiger partial charge on any atom is -0.379 e. The van der Waals surface area contributed by atoms with Gasteiger partial charge in [0, 0.05) is 31.8 Å². The Morgan fingerprint density at radius 3 is 2.58 bits per heavy atom. The first-order chi connectivity index (χ1) is 20.9. The minimum atomic E-state index is -1.19. The molecule has 6 rings (SSSR count). The number of alkyl halides is 1. The van der Waals surface area contributed by atoms with Gasteiger partial charge >= 0.3 is 0 Å². The first kappa shape index (κ1) is 31.4. The van der Waals surface area contributed by atoms with Gasteiger partial charge in [-0.3, -0.25) is 14.5 Å². The Morgan fingerprint density at radius 1 is 1.05 bits per heavy atom. The average molecular weight is 604 g/mol. The summed E-state index contributed by atoms with van der Waals surface area (Å²) in [4.78, 5) is 34.2. The van der Waals surface area contributed by atoms with Crippen LogP contribution >= 0.6 is 0 Å². The molecule has 3 saturated carbocycles. The van der Waals surface area contributed by atoms with Gasteiger partial charge in [-0.1, -0.05) is 25.7 Å². The van der Waals surface area contributed by atoms with Crippen LogP contribution in [0.1, 0.15) is 64.2 Å². The molecule has 3 aliphatic heterocycles. The fourth-order valence-electron chi connectivity index (χ4n) is 8.94. The number of unbranched alkanes of at least 4 members (excludes halogenated alkanes) is 1. The van der Waals surface area contributed by atoms with Crippen LogP contribution in [0.25, 0.3) is 0 Å². The molecule has 0 aromatic heterocycles. The van der Waals surface area contributed by atoms with Gasteiger partial charge in [0.05, 0.1) is 49.1 Å². The standard InChI is InChI=1S/C33H54FN5O4/c1-37(2)12-6-5-10-35-29-26(34)20-24-30-32(29)43-28-19-23-9-4-3-8-22(23)18-27(28)39(30)21-25(31(24)40)33(41)36-11-7-13-38-14-16-42-17-15-38/h21-24,26-30,32,35H,3-20H2,1-2H3,(H,36,41). The molecule has 2 N–H and O–H groups in total. The predicted octanol–water partition coefficient (Wildman–Crippen LogP) is 2.36. The maximum Gasteiger partial charge on any atom is 0.256 e. The van der Waals surface area contributed by atoms with Crippen LogP contribution in [-0.2, 0) is 19.1 Å².